The zero-order valence-electron chi connectivity index (χ0n) is 17.3. The van der Waals surface area contributed by atoms with Crippen LogP contribution in [0.3, 0.4) is 0 Å². The van der Waals surface area contributed by atoms with Gasteiger partial charge in [0.1, 0.15) is 26.9 Å². The zero-order chi connectivity index (χ0) is 22.0. The van der Waals surface area contributed by atoms with Gasteiger partial charge in [-0.25, -0.2) is 4.39 Å². The van der Waals surface area contributed by atoms with Gasteiger partial charge in [-0.2, -0.15) is 5.26 Å². The van der Waals surface area contributed by atoms with Crippen molar-refractivity contribution in [2.24, 2.45) is 11.7 Å². The van der Waals surface area contributed by atoms with Gasteiger partial charge >= 0.3 is 0 Å². The Morgan fingerprint density at radius 3 is 2.74 bits per heavy atom. The molecule has 0 spiro atoms. The van der Waals surface area contributed by atoms with Crippen molar-refractivity contribution in [2.45, 2.75) is 38.3 Å². The summed E-state index contributed by atoms with van der Waals surface area (Å²) in [5.74, 6) is -0.298. The average Bonchev–Trinajstić information content (AvgIpc) is 3.35. The number of rotatable bonds is 4. The van der Waals surface area contributed by atoms with Gasteiger partial charge in [-0.3, -0.25) is 4.79 Å². The summed E-state index contributed by atoms with van der Waals surface area (Å²) in [6.45, 7) is 3.23. The number of nitriles is 1. The Labute approximate surface area is 182 Å². The number of ether oxygens (including phenoxy) is 1. The summed E-state index contributed by atoms with van der Waals surface area (Å²) in [4.78, 5) is 15.9. The molecule has 0 unspecified atom stereocenters. The predicted molar refractivity (Wildman–Crippen MR) is 119 cm³/mol. The Hall–Kier alpha value is -2.83. The van der Waals surface area contributed by atoms with Crippen LogP contribution in [0, 0.1) is 23.1 Å². The summed E-state index contributed by atoms with van der Waals surface area (Å²) in [7, 11) is 1.48. The summed E-state index contributed by atoms with van der Waals surface area (Å²) in [5.41, 5.74) is 6.45. The van der Waals surface area contributed by atoms with E-state index in [1.54, 1.807) is 0 Å². The van der Waals surface area contributed by atoms with Crippen LogP contribution in [0.2, 0.25) is 0 Å². The third kappa shape index (κ3) is 2.89. The zero-order valence-corrected chi connectivity index (χ0v) is 18.1. The Bertz CT molecular complexity index is 1320. The monoisotopic (exact) mass is 442 g/mol. The first-order valence-corrected chi connectivity index (χ1v) is 11.2. The van der Waals surface area contributed by atoms with Crippen molar-refractivity contribution in [3.8, 4) is 17.6 Å². The van der Waals surface area contributed by atoms with Crippen molar-refractivity contribution in [1.82, 2.24) is 4.57 Å². The number of hydrogen-bond acceptors (Lipinski definition) is 7. The molecule has 7 nitrogen and oxygen atoms in total. The second-order valence-corrected chi connectivity index (χ2v) is 9.49. The van der Waals surface area contributed by atoms with Gasteiger partial charge in [0, 0.05) is 25.2 Å². The number of anilines is 1. The Balaban J connectivity index is 1.86. The molecule has 5 rings (SSSR count). The smallest absolute Gasteiger partial charge is 0.202 e. The maximum atomic E-state index is 15.4. The number of aromatic nitrogens is 1. The van der Waals surface area contributed by atoms with Gasteiger partial charge in [0.15, 0.2) is 17.3 Å². The third-order valence-corrected chi connectivity index (χ3v) is 7.56. The molecule has 162 valence electrons. The highest BCUT2D eigenvalue weighted by molar-refractivity contribution is 7.19. The normalized spacial score (nSPS) is 19.8. The van der Waals surface area contributed by atoms with E-state index in [9.17, 15) is 15.2 Å². The van der Waals surface area contributed by atoms with E-state index in [-0.39, 0.29) is 39.4 Å². The molecule has 9 heteroatoms. The van der Waals surface area contributed by atoms with Crippen molar-refractivity contribution in [3.05, 3.63) is 27.0 Å². The fraction of sp³-hybridized carbons (Fsp3) is 0.455. The molecule has 3 N–H and O–H groups in total. The minimum absolute atomic E-state index is 0.00211. The molecule has 2 aromatic heterocycles. The molecular weight excluding hydrogens is 419 g/mol. The highest BCUT2D eigenvalue weighted by Crippen LogP contribution is 2.48. The molecule has 1 saturated heterocycles. The maximum absolute atomic E-state index is 15.4. The molecule has 0 radical (unpaired) electrons. The van der Waals surface area contributed by atoms with Gasteiger partial charge in [-0.15, -0.1) is 11.3 Å². The number of nitrogens with zero attached hydrogens (tertiary/aromatic N) is 3. The molecule has 2 aliphatic rings. The number of fused-ring (bicyclic) bond motifs is 2. The van der Waals surface area contributed by atoms with Crippen molar-refractivity contribution in [2.75, 3.05) is 25.1 Å². The lowest BCUT2D eigenvalue weighted by Crippen LogP contribution is -2.30. The first kappa shape index (κ1) is 20.1. The van der Waals surface area contributed by atoms with E-state index < -0.39 is 11.2 Å². The molecule has 0 amide bonds. The lowest BCUT2D eigenvalue weighted by Gasteiger charge is -2.25. The third-order valence-electron chi connectivity index (χ3n) is 6.48. The number of hydrogen-bond donors (Lipinski definition) is 2. The first-order chi connectivity index (χ1) is 14.9. The predicted octanol–water partition coefficient (Wildman–Crippen LogP) is 3.45. The van der Waals surface area contributed by atoms with Crippen molar-refractivity contribution < 1.29 is 14.2 Å². The molecular formula is C22H23FN4O3S. The fourth-order valence-electron chi connectivity index (χ4n) is 4.70. The largest absolute Gasteiger partial charge is 0.505 e. The second-order valence-electron chi connectivity index (χ2n) is 8.49. The van der Waals surface area contributed by atoms with Gasteiger partial charge in [0.2, 0.25) is 5.43 Å². The van der Waals surface area contributed by atoms with Crippen molar-refractivity contribution in [3.63, 3.8) is 0 Å². The number of pyridine rings is 1. The summed E-state index contributed by atoms with van der Waals surface area (Å²) in [6, 6.07) is 3.31. The standard InChI is InChI=1S/C22H23FN4O3S/c1-10(25)11-5-6-26(9-11)18-14(23)7-13-17(21(18)30-2)27(12-3-4-12)22-16(19(13)28)20(29)15(8-24)31-22/h7,10-12,29H,3-6,9,25H2,1-2H3/t10-,11+/m0/s1. The molecule has 0 bridgehead atoms. The van der Waals surface area contributed by atoms with Crippen LogP contribution in [0.1, 0.15) is 37.1 Å². The summed E-state index contributed by atoms with van der Waals surface area (Å²) in [5, 5.41) is 20.1. The van der Waals surface area contributed by atoms with Gasteiger partial charge in [-0.1, -0.05) is 0 Å². The topological polar surface area (TPSA) is 105 Å². The number of aromatic hydroxyl groups is 1. The molecule has 1 aliphatic heterocycles. The lowest BCUT2D eigenvalue weighted by molar-refractivity contribution is 0.413. The van der Waals surface area contributed by atoms with Crippen LogP contribution >= 0.6 is 11.3 Å². The summed E-state index contributed by atoms with van der Waals surface area (Å²) in [6.07, 6.45) is 2.66. The summed E-state index contributed by atoms with van der Waals surface area (Å²) >= 11 is 1.09. The molecule has 1 aromatic carbocycles. The lowest BCUT2D eigenvalue weighted by atomic mass is 10.0. The van der Waals surface area contributed by atoms with E-state index in [1.165, 1.54) is 13.2 Å². The second kappa shape index (κ2) is 7.11. The number of nitrogens with two attached hydrogens (primary N) is 1. The molecule has 2 atom stereocenters. The van der Waals surface area contributed by atoms with Crippen LogP contribution in [0.4, 0.5) is 10.1 Å². The van der Waals surface area contributed by atoms with Gasteiger partial charge < -0.3 is 25.0 Å². The van der Waals surface area contributed by atoms with Crippen molar-refractivity contribution in [1.29, 1.82) is 5.26 Å². The number of benzene rings is 1. The van der Waals surface area contributed by atoms with Crippen molar-refractivity contribution >= 4 is 38.1 Å². The Morgan fingerprint density at radius 2 is 2.16 bits per heavy atom. The highest BCUT2D eigenvalue weighted by atomic mass is 32.1. The van der Waals surface area contributed by atoms with Crippen LogP contribution in [0.25, 0.3) is 21.1 Å². The Morgan fingerprint density at radius 1 is 1.42 bits per heavy atom. The van der Waals surface area contributed by atoms with Crippen LogP contribution in [-0.4, -0.2) is 35.9 Å². The molecule has 1 saturated carbocycles. The van der Waals surface area contributed by atoms with Crippen LogP contribution < -0.4 is 20.8 Å². The average molecular weight is 443 g/mol. The summed E-state index contributed by atoms with van der Waals surface area (Å²) < 4.78 is 23.1. The minimum atomic E-state index is -0.538. The van der Waals surface area contributed by atoms with E-state index >= 15 is 4.39 Å². The maximum Gasteiger partial charge on any atom is 0.202 e. The SMILES string of the molecule is COc1c(N2CC[C@@H]([C@H](C)N)C2)c(F)cc2c(=O)c3c(O)c(C#N)sc3n(C3CC3)c12. The van der Waals surface area contributed by atoms with E-state index in [4.69, 9.17) is 10.5 Å². The molecule has 3 heterocycles. The first-order valence-electron chi connectivity index (χ1n) is 10.4. The van der Waals surface area contributed by atoms with Crippen LogP contribution in [0.15, 0.2) is 10.9 Å². The van der Waals surface area contributed by atoms with Crippen LogP contribution in [-0.2, 0) is 0 Å². The van der Waals surface area contributed by atoms with Crippen LogP contribution in [0.5, 0.6) is 11.5 Å². The van der Waals surface area contributed by atoms with Gasteiger partial charge in [0.05, 0.1) is 18.0 Å². The van der Waals surface area contributed by atoms with E-state index in [0.717, 1.165) is 30.6 Å². The molecule has 1 aliphatic carbocycles. The van der Waals surface area contributed by atoms with E-state index in [1.807, 2.05) is 22.5 Å². The minimum Gasteiger partial charge on any atom is -0.505 e. The Kier molecular flexibility index (Phi) is 4.61. The van der Waals surface area contributed by atoms with Gasteiger partial charge in [0.25, 0.3) is 0 Å². The fourth-order valence-corrected chi connectivity index (χ4v) is 5.77. The van der Waals surface area contributed by atoms with E-state index in [2.05, 4.69) is 0 Å². The van der Waals surface area contributed by atoms with E-state index in [0.29, 0.717) is 34.9 Å². The number of methoxy groups -OCH3 is 1. The molecule has 31 heavy (non-hydrogen) atoms. The number of halogens is 1. The van der Waals surface area contributed by atoms with Gasteiger partial charge in [-0.05, 0) is 38.2 Å². The molecule has 2 fully saturated rings. The highest BCUT2D eigenvalue weighted by Gasteiger charge is 2.35. The molecule has 3 aromatic rings. The quantitative estimate of drug-likeness (QED) is 0.641. The number of thiophene rings is 1.